The van der Waals surface area contributed by atoms with E-state index in [1.165, 1.54) is 0 Å². The molecule has 0 saturated heterocycles. The second-order valence-corrected chi connectivity index (χ2v) is 5.79. The summed E-state index contributed by atoms with van der Waals surface area (Å²) in [4.78, 5) is 4.44. The third kappa shape index (κ3) is 3.25. The fourth-order valence-corrected chi connectivity index (χ4v) is 2.32. The van der Waals surface area contributed by atoms with E-state index in [1.807, 2.05) is 24.3 Å². The van der Waals surface area contributed by atoms with Crippen LogP contribution in [-0.2, 0) is 5.54 Å². The summed E-state index contributed by atoms with van der Waals surface area (Å²) in [7, 11) is 0. The lowest BCUT2D eigenvalue weighted by atomic mass is 9.77. The monoisotopic (exact) mass is 323 g/mol. The third-order valence-electron chi connectivity index (χ3n) is 4.13. The highest BCUT2D eigenvalue weighted by molar-refractivity contribution is 5.85. The number of hydrogen-bond donors (Lipinski definition) is 1. The van der Waals surface area contributed by atoms with Gasteiger partial charge >= 0.3 is 0 Å². The van der Waals surface area contributed by atoms with Crippen molar-refractivity contribution in [2.45, 2.75) is 51.2 Å². The molecule has 1 aliphatic carbocycles. The molecule has 1 aromatic heterocycles. The minimum absolute atomic E-state index is 0. The molecular weight excluding hydrogens is 302 g/mol. The number of aromatic nitrogens is 2. The lowest BCUT2D eigenvalue weighted by Crippen LogP contribution is -2.44. The van der Waals surface area contributed by atoms with Gasteiger partial charge in [0.2, 0.25) is 0 Å². The van der Waals surface area contributed by atoms with Crippen LogP contribution in [0.3, 0.4) is 0 Å². The number of nitrogens with zero attached hydrogens (tertiary/aromatic N) is 2. The molecule has 1 atom stereocenters. The van der Waals surface area contributed by atoms with E-state index in [1.54, 1.807) is 0 Å². The summed E-state index contributed by atoms with van der Waals surface area (Å²) in [5, 5.41) is 4.03. The van der Waals surface area contributed by atoms with Gasteiger partial charge in [0.15, 0.2) is 5.82 Å². The molecule has 0 amide bonds. The highest BCUT2D eigenvalue weighted by Gasteiger charge is 2.39. The van der Waals surface area contributed by atoms with Gasteiger partial charge < -0.3 is 15.0 Å². The minimum atomic E-state index is -0.388. The van der Waals surface area contributed by atoms with Crippen molar-refractivity contribution in [1.82, 2.24) is 10.1 Å². The lowest BCUT2D eigenvalue weighted by Gasteiger charge is -2.34. The zero-order chi connectivity index (χ0) is 14.9. The summed E-state index contributed by atoms with van der Waals surface area (Å²) in [6, 6.07) is 7.71. The van der Waals surface area contributed by atoms with Crippen molar-refractivity contribution in [2.24, 2.45) is 5.73 Å². The molecule has 3 rings (SSSR count). The van der Waals surface area contributed by atoms with Crippen LogP contribution in [0.2, 0.25) is 0 Å². The molecule has 0 radical (unpaired) electrons. The number of hydrogen-bond acceptors (Lipinski definition) is 5. The molecular formula is C16H22ClN3O2. The van der Waals surface area contributed by atoms with E-state index >= 15 is 0 Å². The molecule has 5 nitrogen and oxygen atoms in total. The molecule has 6 heteroatoms. The Morgan fingerprint density at radius 3 is 2.55 bits per heavy atom. The largest absolute Gasteiger partial charge is 0.491 e. The van der Waals surface area contributed by atoms with E-state index in [2.05, 4.69) is 24.0 Å². The second-order valence-electron chi connectivity index (χ2n) is 5.79. The van der Waals surface area contributed by atoms with Crippen LogP contribution in [-0.4, -0.2) is 16.2 Å². The van der Waals surface area contributed by atoms with Gasteiger partial charge in [-0.05, 0) is 56.9 Å². The van der Waals surface area contributed by atoms with Crippen LogP contribution < -0.4 is 10.5 Å². The van der Waals surface area contributed by atoms with Gasteiger partial charge in [0, 0.05) is 5.56 Å². The van der Waals surface area contributed by atoms with Crippen molar-refractivity contribution in [3.63, 3.8) is 0 Å². The lowest BCUT2D eigenvalue weighted by molar-refractivity contribution is 0.217. The van der Waals surface area contributed by atoms with Gasteiger partial charge in [-0.15, -0.1) is 12.4 Å². The Labute approximate surface area is 136 Å². The van der Waals surface area contributed by atoms with E-state index in [0.29, 0.717) is 11.7 Å². The summed E-state index contributed by atoms with van der Waals surface area (Å²) in [6.45, 7) is 4.15. The zero-order valence-electron chi connectivity index (χ0n) is 12.9. The Morgan fingerprint density at radius 1 is 1.32 bits per heavy atom. The zero-order valence-corrected chi connectivity index (χ0v) is 13.7. The maximum Gasteiger partial charge on any atom is 0.257 e. The van der Waals surface area contributed by atoms with Crippen molar-refractivity contribution in [3.8, 4) is 17.2 Å². The molecule has 2 aromatic rings. The van der Waals surface area contributed by atoms with Crippen LogP contribution in [0, 0.1) is 0 Å². The summed E-state index contributed by atoms with van der Waals surface area (Å²) in [5.74, 6) is 1.97. The van der Waals surface area contributed by atoms with Gasteiger partial charge in [-0.25, -0.2) is 0 Å². The average Bonchev–Trinajstić information content (AvgIpc) is 2.95. The van der Waals surface area contributed by atoms with Crippen molar-refractivity contribution in [3.05, 3.63) is 30.1 Å². The summed E-state index contributed by atoms with van der Waals surface area (Å²) < 4.78 is 11.1. The van der Waals surface area contributed by atoms with Gasteiger partial charge in [-0.2, -0.15) is 4.98 Å². The Morgan fingerprint density at radius 2 is 2.00 bits per heavy atom. The van der Waals surface area contributed by atoms with Crippen LogP contribution in [0.5, 0.6) is 5.75 Å². The number of nitrogens with two attached hydrogens (primary N) is 1. The molecule has 1 unspecified atom stereocenters. The van der Waals surface area contributed by atoms with Crippen LogP contribution in [0.4, 0.5) is 0 Å². The average molecular weight is 324 g/mol. The van der Waals surface area contributed by atoms with Crippen molar-refractivity contribution in [1.29, 1.82) is 0 Å². The molecule has 120 valence electrons. The Balaban J connectivity index is 0.00000176. The first-order valence-electron chi connectivity index (χ1n) is 7.51. The molecule has 1 aromatic carbocycles. The predicted molar refractivity (Wildman–Crippen MR) is 87.1 cm³/mol. The van der Waals surface area contributed by atoms with Crippen LogP contribution in [0.15, 0.2) is 28.8 Å². The molecule has 1 saturated carbocycles. The standard InChI is InChI=1S/C16H21N3O2.ClH/c1-3-11(2)20-13-7-5-12(6-8-13)14-18-15(19-21-14)16(17)9-4-10-16;/h5-8,11H,3-4,9-10,17H2,1-2H3;1H. The summed E-state index contributed by atoms with van der Waals surface area (Å²) in [6.07, 6.45) is 4.16. The van der Waals surface area contributed by atoms with Crippen molar-refractivity contribution in [2.75, 3.05) is 0 Å². The minimum Gasteiger partial charge on any atom is -0.491 e. The Bertz CT molecular complexity index is 608. The summed E-state index contributed by atoms with van der Waals surface area (Å²) in [5.41, 5.74) is 6.70. The number of rotatable bonds is 5. The van der Waals surface area contributed by atoms with E-state index in [-0.39, 0.29) is 24.0 Å². The van der Waals surface area contributed by atoms with Gasteiger partial charge in [0.1, 0.15) is 5.75 Å². The maximum atomic E-state index is 6.20. The first kappa shape index (κ1) is 16.8. The second kappa shape index (κ2) is 6.67. The number of benzene rings is 1. The molecule has 0 spiro atoms. The molecule has 0 bridgehead atoms. The van der Waals surface area contributed by atoms with E-state index in [9.17, 15) is 0 Å². The normalized spacial score (nSPS) is 17.2. The van der Waals surface area contributed by atoms with Crippen LogP contribution in [0.25, 0.3) is 11.5 Å². The molecule has 22 heavy (non-hydrogen) atoms. The quantitative estimate of drug-likeness (QED) is 0.908. The van der Waals surface area contributed by atoms with Crippen molar-refractivity contribution >= 4 is 12.4 Å². The molecule has 2 N–H and O–H groups in total. The fraction of sp³-hybridized carbons (Fsp3) is 0.500. The third-order valence-corrected chi connectivity index (χ3v) is 4.13. The fourth-order valence-electron chi connectivity index (χ4n) is 2.32. The van der Waals surface area contributed by atoms with E-state index in [4.69, 9.17) is 15.0 Å². The van der Waals surface area contributed by atoms with Gasteiger partial charge in [0.25, 0.3) is 5.89 Å². The van der Waals surface area contributed by atoms with E-state index in [0.717, 1.165) is 37.0 Å². The predicted octanol–water partition coefficient (Wildman–Crippen LogP) is 3.67. The Hall–Kier alpha value is -1.59. The number of ether oxygens (including phenoxy) is 1. The van der Waals surface area contributed by atoms with Crippen LogP contribution in [0.1, 0.15) is 45.4 Å². The highest BCUT2D eigenvalue weighted by Crippen LogP contribution is 2.37. The van der Waals surface area contributed by atoms with Crippen LogP contribution >= 0.6 is 12.4 Å². The topological polar surface area (TPSA) is 74.2 Å². The van der Waals surface area contributed by atoms with Crippen molar-refractivity contribution < 1.29 is 9.26 Å². The SMILES string of the molecule is CCC(C)Oc1ccc(-c2nc(C3(N)CCC3)no2)cc1.Cl. The van der Waals surface area contributed by atoms with Gasteiger partial charge in [0.05, 0.1) is 11.6 Å². The first-order chi connectivity index (χ1) is 10.1. The maximum absolute atomic E-state index is 6.20. The first-order valence-corrected chi connectivity index (χ1v) is 7.51. The smallest absolute Gasteiger partial charge is 0.257 e. The highest BCUT2D eigenvalue weighted by atomic mass is 35.5. The van der Waals surface area contributed by atoms with Gasteiger partial charge in [-0.1, -0.05) is 12.1 Å². The Kier molecular flexibility index (Phi) is 5.08. The molecule has 0 aliphatic heterocycles. The van der Waals surface area contributed by atoms with Gasteiger partial charge in [-0.3, -0.25) is 0 Å². The molecule has 1 heterocycles. The summed E-state index contributed by atoms with van der Waals surface area (Å²) >= 11 is 0. The molecule has 1 aliphatic rings. The van der Waals surface area contributed by atoms with E-state index < -0.39 is 0 Å². The molecule has 1 fully saturated rings. The number of halogens is 1.